The lowest BCUT2D eigenvalue weighted by atomic mass is 10.0. The van der Waals surface area contributed by atoms with E-state index in [1.807, 2.05) is 26.0 Å². The highest BCUT2D eigenvalue weighted by molar-refractivity contribution is 5.95. The molecule has 158 valence electrons. The summed E-state index contributed by atoms with van der Waals surface area (Å²) >= 11 is 0. The van der Waals surface area contributed by atoms with Crippen LogP contribution in [0, 0.1) is 13.8 Å². The molecular formula is C23H25NO6. The van der Waals surface area contributed by atoms with E-state index >= 15 is 0 Å². The van der Waals surface area contributed by atoms with Crippen LogP contribution < -0.4 is 14.8 Å². The summed E-state index contributed by atoms with van der Waals surface area (Å²) in [6, 6.07) is 8.92. The van der Waals surface area contributed by atoms with Crippen molar-refractivity contribution >= 4 is 28.5 Å². The van der Waals surface area contributed by atoms with Gasteiger partial charge in [0.25, 0.3) is 5.91 Å². The fourth-order valence-corrected chi connectivity index (χ4v) is 3.08. The monoisotopic (exact) mass is 411 g/mol. The molecule has 2 aromatic carbocycles. The third kappa shape index (κ3) is 4.56. The lowest BCUT2D eigenvalue weighted by molar-refractivity contribution is -0.152. The quantitative estimate of drug-likeness (QED) is 0.587. The van der Waals surface area contributed by atoms with Crippen LogP contribution in [0.4, 0.5) is 5.69 Å². The summed E-state index contributed by atoms with van der Waals surface area (Å²) in [5, 5.41) is 3.58. The van der Waals surface area contributed by atoms with Gasteiger partial charge in [0.1, 0.15) is 5.58 Å². The van der Waals surface area contributed by atoms with Gasteiger partial charge in [0.2, 0.25) is 0 Å². The molecule has 0 aliphatic carbocycles. The molecule has 0 saturated carbocycles. The summed E-state index contributed by atoms with van der Waals surface area (Å²) < 4.78 is 21.3. The molecule has 0 aliphatic heterocycles. The number of furan rings is 1. The highest BCUT2D eigenvalue weighted by Crippen LogP contribution is 2.30. The van der Waals surface area contributed by atoms with E-state index in [1.165, 1.54) is 21.1 Å². The molecule has 1 heterocycles. The third-order valence-corrected chi connectivity index (χ3v) is 4.93. The molecular weight excluding hydrogens is 386 g/mol. The number of carbonyl (C=O) groups excluding carboxylic acids is 2. The first-order valence-electron chi connectivity index (χ1n) is 9.52. The zero-order valence-corrected chi connectivity index (χ0v) is 17.7. The number of hydrogen-bond donors (Lipinski definition) is 1. The van der Waals surface area contributed by atoms with Gasteiger partial charge < -0.3 is 23.9 Å². The number of esters is 1. The van der Waals surface area contributed by atoms with Crippen molar-refractivity contribution in [2.75, 3.05) is 19.5 Å². The van der Waals surface area contributed by atoms with Crippen molar-refractivity contribution in [1.29, 1.82) is 0 Å². The summed E-state index contributed by atoms with van der Waals surface area (Å²) in [7, 11) is 3.04. The second kappa shape index (κ2) is 8.90. The van der Waals surface area contributed by atoms with Crippen molar-refractivity contribution in [3.05, 3.63) is 53.3 Å². The van der Waals surface area contributed by atoms with E-state index in [0.29, 0.717) is 17.2 Å². The van der Waals surface area contributed by atoms with E-state index in [-0.39, 0.29) is 6.42 Å². The first-order valence-corrected chi connectivity index (χ1v) is 9.52. The molecule has 0 aliphatic rings. The minimum absolute atomic E-state index is 0.0173. The third-order valence-electron chi connectivity index (χ3n) is 4.93. The minimum Gasteiger partial charge on any atom is -0.493 e. The molecule has 1 atom stereocenters. The first-order chi connectivity index (χ1) is 14.3. The van der Waals surface area contributed by atoms with Crippen molar-refractivity contribution in [2.45, 2.75) is 33.3 Å². The largest absolute Gasteiger partial charge is 0.493 e. The number of amides is 1. The molecule has 0 spiro atoms. The van der Waals surface area contributed by atoms with Crippen molar-refractivity contribution in [3.63, 3.8) is 0 Å². The highest BCUT2D eigenvalue weighted by atomic mass is 16.5. The van der Waals surface area contributed by atoms with Crippen molar-refractivity contribution in [1.82, 2.24) is 0 Å². The predicted octanol–water partition coefficient (Wildman–Crippen LogP) is 4.18. The van der Waals surface area contributed by atoms with Gasteiger partial charge >= 0.3 is 5.97 Å². The smallest absolute Gasteiger partial charge is 0.311 e. The topological polar surface area (TPSA) is 87.0 Å². The van der Waals surface area contributed by atoms with Crippen LogP contribution in [0.5, 0.6) is 11.5 Å². The van der Waals surface area contributed by atoms with Gasteiger partial charge in [0.15, 0.2) is 17.6 Å². The average molecular weight is 411 g/mol. The molecule has 0 unspecified atom stereocenters. The predicted molar refractivity (Wildman–Crippen MR) is 113 cm³/mol. The average Bonchev–Trinajstić information content (AvgIpc) is 3.09. The first kappa shape index (κ1) is 21.2. The van der Waals surface area contributed by atoms with Crippen LogP contribution in [0.1, 0.15) is 23.6 Å². The highest BCUT2D eigenvalue weighted by Gasteiger charge is 2.20. The zero-order valence-electron chi connectivity index (χ0n) is 17.7. The Morgan fingerprint density at radius 2 is 1.73 bits per heavy atom. The lowest BCUT2D eigenvalue weighted by Crippen LogP contribution is -2.30. The van der Waals surface area contributed by atoms with Gasteiger partial charge in [-0.25, -0.2) is 0 Å². The van der Waals surface area contributed by atoms with Crippen LogP contribution in [0.25, 0.3) is 11.0 Å². The second-order valence-corrected chi connectivity index (χ2v) is 7.06. The molecule has 7 nitrogen and oxygen atoms in total. The van der Waals surface area contributed by atoms with Crippen LogP contribution in [0.15, 0.2) is 41.0 Å². The molecule has 3 aromatic rings. The SMILES string of the molecule is COc1ccc(NC(=O)[C@@H](C)OC(=O)Cc2coc3cc(C)c(C)cc23)cc1OC. The molecule has 30 heavy (non-hydrogen) atoms. The standard InChI is InChI=1S/C23H25NO6/c1-13-8-18-16(12-29-20(18)9-14(13)2)10-22(25)30-15(3)23(26)24-17-6-7-19(27-4)21(11-17)28-5/h6-9,11-12,15H,10H2,1-5H3,(H,24,26)/t15-/m1/s1. The van der Waals surface area contributed by atoms with E-state index in [1.54, 1.807) is 24.5 Å². The van der Waals surface area contributed by atoms with Gasteiger partial charge in [-0.3, -0.25) is 9.59 Å². The van der Waals surface area contributed by atoms with E-state index in [9.17, 15) is 9.59 Å². The molecule has 7 heteroatoms. The number of carbonyl (C=O) groups is 2. The van der Waals surface area contributed by atoms with Gasteiger partial charge in [0.05, 0.1) is 26.9 Å². The van der Waals surface area contributed by atoms with Crippen molar-refractivity contribution < 1.29 is 28.2 Å². The maximum atomic E-state index is 12.4. The van der Waals surface area contributed by atoms with E-state index in [4.69, 9.17) is 18.6 Å². The number of rotatable bonds is 7. The van der Waals surface area contributed by atoms with Gasteiger partial charge in [0, 0.05) is 22.7 Å². The van der Waals surface area contributed by atoms with E-state index in [0.717, 1.165) is 27.7 Å². The van der Waals surface area contributed by atoms with E-state index in [2.05, 4.69) is 5.32 Å². The summed E-state index contributed by atoms with van der Waals surface area (Å²) in [6.07, 6.45) is 0.607. The number of methoxy groups -OCH3 is 2. The molecule has 3 rings (SSSR count). The van der Waals surface area contributed by atoms with E-state index < -0.39 is 18.0 Å². The Hall–Kier alpha value is -3.48. The van der Waals surface area contributed by atoms with Crippen LogP contribution in [0.3, 0.4) is 0 Å². The van der Waals surface area contributed by atoms with Gasteiger partial charge in [-0.05, 0) is 56.2 Å². The van der Waals surface area contributed by atoms with Gasteiger partial charge in [-0.2, -0.15) is 0 Å². The van der Waals surface area contributed by atoms with Crippen molar-refractivity contribution in [3.8, 4) is 11.5 Å². The Morgan fingerprint density at radius 3 is 2.43 bits per heavy atom. The molecule has 0 radical (unpaired) electrons. The molecule has 1 aromatic heterocycles. The summed E-state index contributed by atoms with van der Waals surface area (Å²) in [6.45, 7) is 5.53. The summed E-state index contributed by atoms with van der Waals surface area (Å²) in [5.74, 6) is 0.0787. The summed E-state index contributed by atoms with van der Waals surface area (Å²) in [4.78, 5) is 24.8. The maximum absolute atomic E-state index is 12.4. The zero-order chi connectivity index (χ0) is 21.8. The van der Waals surface area contributed by atoms with Crippen molar-refractivity contribution in [2.24, 2.45) is 0 Å². The maximum Gasteiger partial charge on any atom is 0.311 e. The van der Waals surface area contributed by atoms with Crippen LogP contribution in [0.2, 0.25) is 0 Å². The Morgan fingerprint density at radius 1 is 1.03 bits per heavy atom. The Kier molecular flexibility index (Phi) is 6.30. The number of anilines is 1. The van der Waals surface area contributed by atoms with Crippen LogP contribution in [-0.2, 0) is 20.7 Å². The fraction of sp³-hybridized carbons (Fsp3) is 0.304. The Balaban J connectivity index is 1.63. The number of nitrogens with one attached hydrogen (secondary N) is 1. The Bertz CT molecular complexity index is 1080. The summed E-state index contributed by atoms with van der Waals surface area (Å²) in [5.41, 5.74) is 4.19. The molecule has 0 fully saturated rings. The fourth-order valence-electron chi connectivity index (χ4n) is 3.08. The number of fused-ring (bicyclic) bond motifs is 1. The minimum atomic E-state index is -0.965. The number of aryl methyl sites for hydroxylation is 2. The van der Waals surface area contributed by atoms with Gasteiger partial charge in [-0.1, -0.05) is 0 Å². The van der Waals surface area contributed by atoms with Gasteiger partial charge in [-0.15, -0.1) is 0 Å². The lowest BCUT2D eigenvalue weighted by Gasteiger charge is -2.15. The number of ether oxygens (including phenoxy) is 3. The molecule has 0 bridgehead atoms. The Labute approximate surface area is 174 Å². The van der Waals surface area contributed by atoms with Crippen LogP contribution >= 0.6 is 0 Å². The second-order valence-electron chi connectivity index (χ2n) is 7.06. The number of hydrogen-bond acceptors (Lipinski definition) is 6. The molecule has 1 N–H and O–H groups in total. The normalized spacial score (nSPS) is 11.8. The van der Waals surface area contributed by atoms with Crippen LogP contribution in [-0.4, -0.2) is 32.2 Å². The number of benzene rings is 2. The molecule has 1 amide bonds. The molecule has 0 saturated heterocycles.